The topological polar surface area (TPSA) is 147 Å². The molecule has 2 heterocycles. The van der Waals surface area contributed by atoms with Gasteiger partial charge in [-0.3, -0.25) is 24.1 Å². The fraction of sp³-hybridized carbons (Fsp3) is 0.732. The molecule has 1 aromatic carbocycles. The van der Waals surface area contributed by atoms with Crippen molar-refractivity contribution in [1.29, 1.82) is 0 Å². The van der Waals surface area contributed by atoms with Crippen LogP contribution in [0.15, 0.2) is 30.3 Å². The summed E-state index contributed by atoms with van der Waals surface area (Å²) < 4.78 is 17.0. The summed E-state index contributed by atoms with van der Waals surface area (Å²) in [7, 11) is 8.05. The Bertz CT molecular complexity index is 1410. The van der Waals surface area contributed by atoms with E-state index in [-0.39, 0.29) is 54.3 Å². The number of esters is 1. The maximum Gasteiger partial charge on any atom is 0.328 e. The SMILES string of the molecule is CCC(C)C(C(CC(=O)N1CCCC1C(OC)C(C)C(=O)NC(Cc1ccccc1)C(=O)OC)OC)N(C)C(=O)C(NC(=O)C1(C)CCCN1C)C(C)C. The Kier molecular flexibility index (Phi) is 16.9. The summed E-state index contributed by atoms with van der Waals surface area (Å²) in [6, 6.07) is 6.91. The molecule has 9 unspecified atom stereocenters. The first-order chi connectivity index (χ1) is 25.6. The van der Waals surface area contributed by atoms with Gasteiger partial charge < -0.3 is 34.6 Å². The summed E-state index contributed by atoms with van der Waals surface area (Å²) in [6.07, 6.45) is 2.76. The molecule has 13 nitrogen and oxygen atoms in total. The maximum atomic E-state index is 14.3. The van der Waals surface area contributed by atoms with Crippen molar-refractivity contribution in [3.8, 4) is 0 Å². The van der Waals surface area contributed by atoms with E-state index in [4.69, 9.17) is 14.2 Å². The lowest BCUT2D eigenvalue weighted by Crippen LogP contribution is -2.61. The van der Waals surface area contributed by atoms with Crippen LogP contribution >= 0.6 is 0 Å². The number of hydrogen-bond donors (Lipinski definition) is 2. The van der Waals surface area contributed by atoms with E-state index in [9.17, 15) is 24.0 Å². The van der Waals surface area contributed by atoms with E-state index in [1.807, 2.05) is 76.9 Å². The quantitative estimate of drug-likeness (QED) is 0.203. The van der Waals surface area contributed by atoms with Gasteiger partial charge in [0.25, 0.3) is 0 Å². The molecule has 0 saturated carbocycles. The van der Waals surface area contributed by atoms with Crippen LogP contribution in [0.3, 0.4) is 0 Å². The van der Waals surface area contributed by atoms with Crippen LogP contribution in [-0.2, 0) is 44.6 Å². The molecule has 13 heteroatoms. The van der Waals surface area contributed by atoms with Crippen molar-refractivity contribution < 1.29 is 38.2 Å². The monoisotopic (exact) mass is 757 g/mol. The average Bonchev–Trinajstić information content (AvgIpc) is 3.79. The van der Waals surface area contributed by atoms with E-state index < -0.39 is 47.8 Å². The number of hydrogen-bond acceptors (Lipinski definition) is 9. The molecule has 2 fully saturated rings. The zero-order valence-corrected chi connectivity index (χ0v) is 34.6. The molecular weight excluding hydrogens is 690 g/mol. The van der Waals surface area contributed by atoms with Gasteiger partial charge in [-0.25, -0.2) is 4.79 Å². The van der Waals surface area contributed by atoms with Gasteiger partial charge in [0, 0.05) is 34.2 Å². The van der Waals surface area contributed by atoms with Crippen molar-refractivity contribution in [3.63, 3.8) is 0 Å². The lowest BCUT2D eigenvalue weighted by molar-refractivity contribution is -0.149. The van der Waals surface area contributed by atoms with Crippen LogP contribution in [0, 0.1) is 17.8 Å². The average molecular weight is 758 g/mol. The van der Waals surface area contributed by atoms with Gasteiger partial charge in [-0.2, -0.15) is 0 Å². The number of nitrogens with zero attached hydrogens (tertiary/aromatic N) is 3. The summed E-state index contributed by atoms with van der Waals surface area (Å²) in [4.78, 5) is 73.9. The second-order valence-corrected chi connectivity index (χ2v) is 15.9. The van der Waals surface area contributed by atoms with Crippen molar-refractivity contribution in [2.24, 2.45) is 17.8 Å². The second kappa shape index (κ2) is 20.4. The third kappa shape index (κ3) is 10.6. The first kappa shape index (κ1) is 44.8. The molecule has 2 N–H and O–H groups in total. The molecule has 3 rings (SSSR count). The van der Waals surface area contributed by atoms with Gasteiger partial charge in [-0.15, -0.1) is 0 Å². The third-order valence-corrected chi connectivity index (χ3v) is 12.1. The van der Waals surface area contributed by atoms with Crippen LogP contribution in [0.25, 0.3) is 0 Å². The fourth-order valence-corrected chi connectivity index (χ4v) is 8.21. The third-order valence-electron chi connectivity index (χ3n) is 12.1. The number of rotatable bonds is 19. The number of likely N-dealkylation sites (N-methyl/N-ethyl adjacent to an activating group) is 2. The largest absolute Gasteiger partial charge is 0.467 e. The van der Waals surface area contributed by atoms with E-state index in [2.05, 4.69) is 10.6 Å². The Morgan fingerprint density at radius 2 is 1.63 bits per heavy atom. The summed E-state index contributed by atoms with van der Waals surface area (Å²) in [5.74, 6) is -2.35. The highest BCUT2D eigenvalue weighted by molar-refractivity contribution is 5.92. The fourth-order valence-electron chi connectivity index (χ4n) is 8.21. The molecule has 2 saturated heterocycles. The Morgan fingerprint density at radius 3 is 2.17 bits per heavy atom. The standard InChI is InChI=1S/C41H67N5O8/c1-12-27(4)35(45(8)38(49)34(26(2)3)43-40(51)41(6)21-17-22-44(41)7)32(52-9)25-33(47)46-23-16-20-31(46)36(53-10)28(5)37(48)42-30(39(50)54-11)24-29-18-14-13-15-19-29/h13-15,18-19,26-28,30-32,34-36H,12,16-17,20-25H2,1-11H3,(H,42,48)(H,43,51). The molecule has 0 radical (unpaired) electrons. The predicted molar refractivity (Wildman–Crippen MR) is 207 cm³/mol. The lowest BCUT2D eigenvalue weighted by atomic mass is 9.89. The molecule has 1 aromatic rings. The molecule has 0 aromatic heterocycles. The molecule has 0 bridgehead atoms. The summed E-state index contributed by atoms with van der Waals surface area (Å²) in [5, 5.41) is 5.94. The molecule has 0 spiro atoms. The van der Waals surface area contributed by atoms with E-state index in [0.29, 0.717) is 13.0 Å². The number of nitrogens with one attached hydrogen (secondary N) is 2. The minimum absolute atomic E-state index is 0.0136. The van der Waals surface area contributed by atoms with E-state index >= 15 is 0 Å². The summed E-state index contributed by atoms with van der Waals surface area (Å²) in [6.45, 7) is 12.9. The van der Waals surface area contributed by atoms with Gasteiger partial charge in [-0.05, 0) is 63.6 Å². The minimum Gasteiger partial charge on any atom is -0.467 e. The van der Waals surface area contributed by atoms with E-state index in [1.54, 1.807) is 30.9 Å². The van der Waals surface area contributed by atoms with Gasteiger partial charge in [0.1, 0.15) is 12.1 Å². The molecule has 4 amide bonds. The van der Waals surface area contributed by atoms with Gasteiger partial charge >= 0.3 is 5.97 Å². The number of carbonyl (C=O) groups is 5. The molecule has 54 heavy (non-hydrogen) atoms. The van der Waals surface area contributed by atoms with Gasteiger partial charge in [0.15, 0.2) is 0 Å². The number of ether oxygens (including phenoxy) is 3. The number of likely N-dealkylation sites (tertiary alicyclic amines) is 2. The molecule has 2 aliphatic heterocycles. The number of benzene rings is 1. The lowest BCUT2D eigenvalue weighted by Gasteiger charge is -2.41. The Morgan fingerprint density at radius 1 is 0.963 bits per heavy atom. The highest BCUT2D eigenvalue weighted by Crippen LogP contribution is 2.31. The molecule has 0 aliphatic carbocycles. The molecule has 2 aliphatic rings. The van der Waals surface area contributed by atoms with Crippen molar-refractivity contribution in [3.05, 3.63) is 35.9 Å². The van der Waals surface area contributed by atoms with Crippen LogP contribution in [0.5, 0.6) is 0 Å². The Balaban J connectivity index is 1.77. The zero-order chi connectivity index (χ0) is 40.3. The van der Waals surface area contributed by atoms with Gasteiger partial charge in [0.05, 0.1) is 49.3 Å². The van der Waals surface area contributed by atoms with Crippen LogP contribution in [0.2, 0.25) is 0 Å². The van der Waals surface area contributed by atoms with Crippen molar-refractivity contribution in [1.82, 2.24) is 25.3 Å². The van der Waals surface area contributed by atoms with E-state index in [0.717, 1.165) is 37.8 Å². The predicted octanol–water partition coefficient (Wildman–Crippen LogP) is 3.43. The summed E-state index contributed by atoms with van der Waals surface area (Å²) >= 11 is 0. The number of amides is 4. The highest BCUT2D eigenvalue weighted by Gasteiger charge is 2.45. The number of methoxy groups -OCH3 is 3. The second-order valence-electron chi connectivity index (χ2n) is 15.9. The molecule has 9 atom stereocenters. The zero-order valence-electron chi connectivity index (χ0n) is 34.6. The van der Waals surface area contributed by atoms with Crippen molar-refractivity contribution in [2.75, 3.05) is 48.5 Å². The Hall–Kier alpha value is -3.55. The molecule has 304 valence electrons. The number of carbonyl (C=O) groups excluding carboxylic acids is 5. The van der Waals surface area contributed by atoms with Crippen LogP contribution in [-0.4, -0.2) is 135 Å². The first-order valence-corrected chi connectivity index (χ1v) is 19.6. The van der Waals surface area contributed by atoms with E-state index in [1.165, 1.54) is 14.2 Å². The molecular formula is C41H67N5O8. The normalized spacial score (nSPS) is 22.8. The minimum atomic E-state index is -0.887. The summed E-state index contributed by atoms with van der Waals surface area (Å²) in [5.41, 5.74) is 0.197. The van der Waals surface area contributed by atoms with Crippen LogP contribution in [0.4, 0.5) is 0 Å². The Labute approximate surface area is 323 Å². The maximum absolute atomic E-state index is 14.3. The highest BCUT2D eigenvalue weighted by atomic mass is 16.5. The van der Waals surface area contributed by atoms with Crippen LogP contribution < -0.4 is 10.6 Å². The smallest absolute Gasteiger partial charge is 0.328 e. The van der Waals surface area contributed by atoms with Gasteiger partial charge in [-0.1, -0.05) is 71.4 Å². The van der Waals surface area contributed by atoms with Gasteiger partial charge in [0.2, 0.25) is 23.6 Å². The van der Waals surface area contributed by atoms with Crippen LogP contribution in [0.1, 0.15) is 85.6 Å². The first-order valence-electron chi connectivity index (χ1n) is 19.6. The van der Waals surface area contributed by atoms with Crippen molar-refractivity contribution in [2.45, 2.75) is 128 Å². The van der Waals surface area contributed by atoms with Crippen molar-refractivity contribution >= 4 is 29.6 Å².